The van der Waals surface area contributed by atoms with Gasteiger partial charge >= 0.3 is 0 Å². The van der Waals surface area contributed by atoms with Crippen molar-refractivity contribution in [3.8, 4) is 0 Å². The Morgan fingerprint density at radius 2 is 1.00 bits per heavy atom. The molecule has 0 fully saturated rings. The molecule has 0 heterocycles. The van der Waals surface area contributed by atoms with Crippen LogP contribution in [0, 0.1) is 0 Å². The first-order valence-electron chi connectivity index (χ1n) is 9.54. The van der Waals surface area contributed by atoms with Gasteiger partial charge in [-0.25, -0.2) is 0 Å². The van der Waals surface area contributed by atoms with E-state index in [0.29, 0.717) is 0 Å². The lowest BCUT2D eigenvalue weighted by Crippen LogP contribution is -2.41. The fourth-order valence-corrected chi connectivity index (χ4v) is 4.20. The third kappa shape index (κ3) is 5.01. The predicted molar refractivity (Wildman–Crippen MR) is 114 cm³/mol. The highest BCUT2D eigenvalue weighted by molar-refractivity contribution is 6.30. The molecule has 0 aromatic heterocycles. The largest absolute Gasteiger partial charge is 0.295 e. The Labute approximate surface area is 168 Å². The van der Waals surface area contributed by atoms with E-state index in [1.165, 1.54) is 11.1 Å². The molecule has 0 spiro atoms. The van der Waals surface area contributed by atoms with Crippen LogP contribution in [-0.2, 0) is 0 Å². The summed E-state index contributed by atoms with van der Waals surface area (Å²) in [5, 5.41) is 1.56. The van der Waals surface area contributed by atoms with Gasteiger partial charge in [-0.1, -0.05) is 75.2 Å². The summed E-state index contributed by atoms with van der Waals surface area (Å²) in [7, 11) is 0. The molecule has 2 atom stereocenters. The zero-order valence-electron chi connectivity index (χ0n) is 16.3. The van der Waals surface area contributed by atoms with Gasteiger partial charge in [0.05, 0.1) is 12.1 Å². The highest BCUT2D eigenvalue weighted by atomic mass is 35.5. The van der Waals surface area contributed by atoms with Crippen molar-refractivity contribution in [1.82, 2.24) is 9.80 Å². The summed E-state index contributed by atoms with van der Waals surface area (Å²) >= 11 is 12.7. The first-order valence-corrected chi connectivity index (χ1v) is 10.3. The molecular weight excluding hydrogens is 363 g/mol. The molecule has 0 radical (unpaired) electrons. The maximum atomic E-state index is 6.35. The SMILES string of the molecule is CCN(CC)C(c1cccc(Cl)c1)C(c1cccc(Cl)c1)N(CC)CC. The van der Waals surface area contributed by atoms with Gasteiger partial charge < -0.3 is 0 Å². The second-order valence-corrected chi connectivity index (χ2v) is 7.31. The van der Waals surface area contributed by atoms with Crippen molar-refractivity contribution in [2.75, 3.05) is 26.2 Å². The van der Waals surface area contributed by atoms with Gasteiger partial charge in [-0.15, -0.1) is 0 Å². The summed E-state index contributed by atoms with van der Waals surface area (Å²) in [5.74, 6) is 0. The first-order chi connectivity index (χ1) is 12.5. The topological polar surface area (TPSA) is 6.48 Å². The van der Waals surface area contributed by atoms with E-state index in [2.05, 4.69) is 61.8 Å². The van der Waals surface area contributed by atoms with Crippen LogP contribution in [0.25, 0.3) is 0 Å². The fourth-order valence-electron chi connectivity index (χ4n) is 3.80. The molecule has 26 heavy (non-hydrogen) atoms. The molecule has 0 saturated carbocycles. The van der Waals surface area contributed by atoms with Crippen molar-refractivity contribution in [1.29, 1.82) is 0 Å². The van der Waals surface area contributed by atoms with Crippen molar-refractivity contribution >= 4 is 23.2 Å². The standard InChI is InChI=1S/C22H30Cl2N2/c1-5-25(6-2)21(17-11-9-13-19(23)15-17)22(26(7-3)8-4)18-12-10-14-20(24)16-18/h9-16,21-22H,5-8H2,1-4H3. The molecular formula is C22H30Cl2N2. The van der Waals surface area contributed by atoms with Crippen LogP contribution < -0.4 is 0 Å². The zero-order valence-corrected chi connectivity index (χ0v) is 17.8. The number of rotatable bonds is 9. The van der Waals surface area contributed by atoms with Crippen LogP contribution in [0.4, 0.5) is 0 Å². The molecule has 2 rings (SSSR count). The van der Waals surface area contributed by atoms with Gasteiger partial charge in [-0.3, -0.25) is 9.80 Å². The molecule has 0 N–H and O–H groups in total. The van der Waals surface area contributed by atoms with Crippen molar-refractivity contribution in [2.45, 2.75) is 39.8 Å². The van der Waals surface area contributed by atoms with Gasteiger partial charge in [0.1, 0.15) is 0 Å². The molecule has 2 aromatic rings. The van der Waals surface area contributed by atoms with E-state index in [1.807, 2.05) is 24.3 Å². The molecule has 0 aliphatic heterocycles. The van der Waals surface area contributed by atoms with Crippen LogP contribution in [0.1, 0.15) is 50.9 Å². The highest BCUT2D eigenvalue weighted by Gasteiger charge is 2.32. The van der Waals surface area contributed by atoms with Crippen LogP contribution in [-0.4, -0.2) is 36.0 Å². The summed E-state index contributed by atoms with van der Waals surface area (Å²) < 4.78 is 0. The van der Waals surface area contributed by atoms with Gasteiger partial charge in [0, 0.05) is 10.0 Å². The minimum absolute atomic E-state index is 0.210. The summed E-state index contributed by atoms with van der Waals surface area (Å²) in [5.41, 5.74) is 2.50. The van der Waals surface area contributed by atoms with E-state index in [9.17, 15) is 0 Å². The van der Waals surface area contributed by atoms with Gasteiger partial charge in [-0.05, 0) is 61.6 Å². The van der Waals surface area contributed by atoms with Crippen molar-refractivity contribution in [3.05, 3.63) is 69.7 Å². The number of nitrogens with zero attached hydrogens (tertiary/aromatic N) is 2. The Morgan fingerprint density at radius 3 is 1.27 bits per heavy atom. The second-order valence-electron chi connectivity index (χ2n) is 6.44. The van der Waals surface area contributed by atoms with E-state index >= 15 is 0 Å². The Morgan fingerprint density at radius 1 is 0.654 bits per heavy atom. The molecule has 0 bridgehead atoms. The van der Waals surface area contributed by atoms with Crippen molar-refractivity contribution in [2.24, 2.45) is 0 Å². The molecule has 0 amide bonds. The predicted octanol–water partition coefficient (Wildman–Crippen LogP) is 6.46. The molecule has 0 aliphatic carbocycles. The normalized spacial score (nSPS) is 14.0. The number of benzene rings is 2. The smallest absolute Gasteiger partial charge is 0.0545 e. The molecule has 2 aromatic carbocycles. The van der Waals surface area contributed by atoms with Crippen LogP contribution in [0.2, 0.25) is 10.0 Å². The van der Waals surface area contributed by atoms with Crippen LogP contribution in [0.5, 0.6) is 0 Å². The molecule has 4 heteroatoms. The van der Waals surface area contributed by atoms with Gasteiger partial charge in [-0.2, -0.15) is 0 Å². The van der Waals surface area contributed by atoms with Crippen LogP contribution in [0.15, 0.2) is 48.5 Å². The molecule has 2 nitrogen and oxygen atoms in total. The lowest BCUT2D eigenvalue weighted by molar-refractivity contribution is 0.0889. The summed E-state index contributed by atoms with van der Waals surface area (Å²) in [6.45, 7) is 12.8. The third-order valence-corrected chi connectivity index (χ3v) is 5.56. The van der Waals surface area contributed by atoms with E-state index in [4.69, 9.17) is 23.2 Å². The van der Waals surface area contributed by atoms with Gasteiger partial charge in [0.25, 0.3) is 0 Å². The minimum Gasteiger partial charge on any atom is -0.295 e. The van der Waals surface area contributed by atoms with E-state index in [1.54, 1.807) is 0 Å². The Balaban J connectivity index is 2.63. The molecule has 0 saturated heterocycles. The van der Waals surface area contributed by atoms with E-state index in [0.717, 1.165) is 36.2 Å². The summed E-state index contributed by atoms with van der Waals surface area (Å²) in [4.78, 5) is 5.02. The third-order valence-electron chi connectivity index (χ3n) is 5.09. The minimum atomic E-state index is 0.210. The number of hydrogen-bond donors (Lipinski definition) is 0. The number of halogens is 2. The van der Waals surface area contributed by atoms with Crippen molar-refractivity contribution < 1.29 is 0 Å². The number of likely N-dealkylation sites (N-methyl/N-ethyl adjacent to an activating group) is 2. The van der Waals surface area contributed by atoms with E-state index in [-0.39, 0.29) is 12.1 Å². The van der Waals surface area contributed by atoms with Gasteiger partial charge in [0.15, 0.2) is 0 Å². The quantitative estimate of drug-likeness (QED) is 0.482. The van der Waals surface area contributed by atoms with Crippen molar-refractivity contribution in [3.63, 3.8) is 0 Å². The highest BCUT2D eigenvalue weighted by Crippen LogP contribution is 2.39. The lowest BCUT2D eigenvalue weighted by atomic mass is 9.90. The average Bonchev–Trinajstić information content (AvgIpc) is 2.64. The molecule has 0 aliphatic rings. The van der Waals surface area contributed by atoms with Gasteiger partial charge in [0.2, 0.25) is 0 Å². The Kier molecular flexibility index (Phi) is 8.43. The van der Waals surface area contributed by atoms with Crippen LogP contribution in [0.3, 0.4) is 0 Å². The lowest BCUT2D eigenvalue weighted by Gasteiger charge is -2.42. The molecule has 142 valence electrons. The average molecular weight is 393 g/mol. The Hall–Kier alpha value is -1.06. The zero-order chi connectivity index (χ0) is 19.1. The number of hydrogen-bond acceptors (Lipinski definition) is 2. The summed E-state index contributed by atoms with van der Waals surface area (Å²) in [6.07, 6.45) is 0. The first kappa shape index (κ1) is 21.2. The maximum Gasteiger partial charge on any atom is 0.0545 e. The molecule has 2 unspecified atom stereocenters. The van der Waals surface area contributed by atoms with E-state index < -0.39 is 0 Å². The Bertz CT molecular complexity index is 622. The maximum absolute atomic E-state index is 6.35. The monoisotopic (exact) mass is 392 g/mol. The second kappa shape index (κ2) is 10.3. The van der Waals surface area contributed by atoms with Crippen LogP contribution >= 0.6 is 23.2 Å². The summed E-state index contributed by atoms with van der Waals surface area (Å²) in [6, 6.07) is 17.0. The fraction of sp³-hybridized carbons (Fsp3) is 0.455.